The lowest BCUT2D eigenvalue weighted by Crippen LogP contribution is -2.00. The Hall–Kier alpha value is -3.21. The van der Waals surface area contributed by atoms with Crippen LogP contribution in [0.15, 0.2) is 63.9 Å². The van der Waals surface area contributed by atoms with Crippen LogP contribution in [0.3, 0.4) is 0 Å². The number of aryl methyl sites for hydroxylation is 2. The quantitative estimate of drug-likeness (QED) is 0.532. The van der Waals surface area contributed by atoms with Gasteiger partial charge in [-0.25, -0.2) is 0 Å². The first-order valence-electron chi connectivity index (χ1n) is 7.21. The molecule has 3 rings (SSSR count). The summed E-state index contributed by atoms with van der Waals surface area (Å²) < 4.78 is 5.69. The van der Waals surface area contributed by atoms with Crippen LogP contribution >= 0.6 is 0 Å². The van der Waals surface area contributed by atoms with Crippen LogP contribution in [0.2, 0.25) is 0 Å². The molecule has 1 N–H and O–H groups in total. The third-order valence-electron chi connectivity index (χ3n) is 3.69. The lowest BCUT2D eigenvalue weighted by atomic mass is 10.0. The predicted octanol–water partition coefficient (Wildman–Crippen LogP) is 4.98. The van der Waals surface area contributed by atoms with Crippen molar-refractivity contribution in [3.63, 3.8) is 0 Å². The van der Waals surface area contributed by atoms with Crippen LogP contribution in [0.5, 0.6) is 5.75 Å². The van der Waals surface area contributed by atoms with Gasteiger partial charge in [-0.05, 0) is 36.2 Å². The maximum atomic E-state index is 12.2. The Morgan fingerprint density at radius 2 is 1.75 bits per heavy atom. The Morgan fingerprint density at radius 3 is 2.38 bits per heavy atom. The van der Waals surface area contributed by atoms with E-state index in [1.165, 1.54) is 12.1 Å². The molecule has 1 aromatic heterocycles. The summed E-state index contributed by atoms with van der Waals surface area (Å²) in [5, 5.41) is 12.7. The molecule has 122 valence electrons. The van der Waals surface area contributed by atoms with Crippen LogP contribution in [-0.2, 0) is 0 Å². The van der Waals surface area contributed by atoms with Gasteiger partial charge in [0.25, 0.3) is 0 Å². The van der Waals surface area contributed by atoms with Crippen molar-refractivity contribution in [2.24, 2.45) is 5.18 Å². The summed E-state index contributed by atoms with van der Waals surface area (Å²) >= 11 is 0. The lowest BCUT2D eigenvalue weighted by molar-refractivity contribution is 0.480. The first kappa shape index (κ1) is 17.1. The Morgan fingerprint density at radius 1 is 1.04 bits per heavy atom. The first-order chi connectivity index (χ1) is 11.5. The molecular weight excluding hydrogens is 306 g/mol. The minimum absolute atomic E-state index is 0.00499. The Bertz CT molecular complexity index is 973. The van der Waals surface area contributed by atoms with Gasteiger partial charge in [0, 0.05) is 23.8 Å². The highest BCUT2D eigenvalue weighted by molar-refractivity contribution is 5.87. The standard InChI is InChI=1S/C17H13NO4.C2H4/c1-9-3-4-11(5-10(9)2)15-8-14(20)17-13(19)6-12(18-21)7-16(17)22-15;1-2/h3-8,19H,1-2H3;1-2H2. The summed E-state index contributed by atoms with van der Waals surface area (Å²) in [5.41, 5.74) is 2.74. The van der Waals surface area contributed by atoms with Crippen molar-refractivity contribution in [1.82, 2.24) is 0 Å². The first-order valence-corrected chi connectivity index (χ1v) is 7.21. The second-order valence-electron chi connectivity index (χ2n) is 5.20. The summed E-state index contributed by atoms with van der Waals surface area (Å²) in [6, 6.07) is 9.53. The number of hydrogen-bond donors (Lipinski definition) is 1. The van der Waals surface area contributed by atoms with Crippen molar-refractivity contribution in [1.29, 1.82) is 0 Å². The molecule has 0 aliphatic rings. The van der Waals surface area contributed by atoms with Gasteiger partial charge in [0.1, 0.15) is 28.2 Å². The molecule has 24 heavy (non-hydrogen) atoms. The summed E-state index contributed by atoms with van der Waals surface area (Å²) in [6.45, 7) is 9.97. The van der Waals surface area contributed by atoms with Gasteiger partial charge >= 0.3 is 0 Å². The average Bonchev–Trinajstić information content (AvgIpc) is 2.58. The van der Waals surface area contributed by atoms with Crippen molar-refractivity contribution in [2.75, 3.05) is 0 Å². The molecule has 3 aromatic rings. The fourth-order valence-corrected chi connectivity index (χ4v) is 2.34. The van der Waals surface area contributed by atoms with E-state index in [-0.39, 0.29) is 27.8 Å². The molecule has 0 aliphatic heterocycles. The van der Waals surface area contributed by atoms with E-state index in [4.69, 9.17) is 4.42 Å². The molecule has 5 heteroatoms. The molecule has 0 saturated heterocycles. The van der Waals surface area contributed by atoms with Crippen LogP contribution < -0.4 is 5.43 Å². The lowest BCUT2D eigenvalue weighted by Gasteiger charge is -2.07. The van der Waals surface area contributed by atoms with Crippen molar-refractivity contribution >= 4 is 16.7 Å². The molecule has 0 saturated carbocycles. The molecule has 0 bridgehead atoms. The third-order valence-corrected chi connectivity index (χ3v) is 3.69. The Balaban J connectivity index is 0.00000100. The summed E-state index contributed by atoms with van der Waals surface area (Å²) in [6.07, 6.45) is 0. The fraction of sp³-hybridized carbons (Fsp3) is 0.105. The molecular formula is C19H17NO4. The van der Waals surface area contributed by atoms with Crippen LogP contribution in [0, 0.1) is 18.8 Å². The zero-order chi connectivity index (χ0) is 17.9. The summed E-state index contributed by atoms with van der Waals surface area (Å²) in [5.74, 6) is 0.0653. The van der Waals surface area contributed by atoms with Gasteiger partial charge in [-0.2, -0.15) is 0 Å². The number of nitrogens with zero attached hydrogens (tertiary/aromatic N) is 1. The van der Waals surface area contributed by atoms with Crippen LogP contribution in [-0.4, -0.2) is 5.11 Å². The minimum Gasteiger partial charge on any atom is -0.507 e. The number of phenolic OH excluding ortho intramolecular Hbond substituents is 1. The van der Waals surface area contributed by atoms with Gasteiger partial charge in [-0.3, -0.25) is 4.79 Å². The summed E-state index contributed by atoms with van der Waals surface area (Å²) in [4.78, 5) is 22.9. The van der Waals surface area contributed by atoms with Crippen molar-refractivity contribution < 1.29 is 9.52 Å². The molecule has 0 amide bonds. The maximum absolute atomic E-state index is 12.2. The number of nitroso groups, excluding NO2 is 1. The number of aromatic hydroxyl groups is 1. The SMILES string of the molecule is C=C.Cc1ccc(-c2cc(=O)c3c(O)cc(N=O)cc3o2)cc1C. The van der Waals surface area contributed by atoms with Crippen molar-refractivity contribution in [3.05, 3.63) is 75.8 Å². The molecule has 0 aliphatic carbocycles. The number of hydrogen-bond acceptors (Lipinski definition) is 5. The number of rotatable bonds is 2. The molecule has 1 heterocycles. The van der Waals surface area contributed by atoms with E-state index in [9.17, 15) is 14.8 Å². The largest absolute Gasteiger partial charge is 0.507 e. The van der Waals surface area contributed by atoms with Gasteiger partial charge in [0.2, 0.25) is 0 Å². The second-order valence-corrected chi connectivity index (χ2v) is 5.20. The Kier molecular flexibility index (Phi) is 4.94. The number of benzene rings is 2. The van der Waals surface area contributed by atoms with Crippen LogP contribution in [0.4, 0.5) is 5.69 Å². The van der Waals surface area contributed by atoms with Crippen LogP contribution in [0.25, 0.3) is 22.3 Å². The van der Waals surface area contributed by atoms with Gasteiger partial charge in [-0.15, -0.1) is 18.1 Å². The van der Waals surface area contributed by atoms with Crippen molar-refractivity contribution in [3.8, 4) is 17.1 Å². The van der Waals surface area contributed by atoms with E-state index in [2.05, 4.69) is 18.3 Å². The van der Waals surface area contributed by atoms with E-state index >= 15 is 0 Å². The zero-order valence-electron chi connectivity index (χ0n) is 13.5. The average molecular weight is 323 g/mol. The number of phenols is 1. The molecule has 5 nitrogen and oxygen atoms in total. The zero-order valence-corrected chi connectivity index (χ0v) is 13.5. The van der Waals surface area contributed by atoms with E-state index < -0.39 is 0 Å². The van der Waals surface area contributed by atoms with Crippen molar-refractivity contribution in [2.45, 2.75) is 13.8 Å². The maximum Gasteiger partial charge on any atom is 0.197 e. The highest BCUT2D eigenvalue weighted by Crippen LogP contribution is 2.31. The van der Waals surface area contributed by atoms with E-state index in [1.807, 2.05) is 32.0 Å². The highest BCUT2D eigenvalue weighted by atomic mass is 16.3. The van der Waals surface area contributed by atoms with Gasteiger partial charge < -0.3 is 9.52 Å². The molecule has 0 radical (unpaired) electrons. The molecule has 0 spiro atoms. The minimum atomic E-state index is -0.371. The second kappa shape index (κ2) is 6.91. The fourth-order valence-electron chi connectivity index (χ4n) is 2.34. The molecule has 0 unspecified atom stereocenters. The van der Waals surface area contributed by atoms with E-state index in [0.29, 0.717) is 5.76 Å². The smallest absolute Gasteiger partial charge is 0.197 e. The highest BCUT2D eigenvalue weighted by Gasteiger charge is 2.13. The van der Waals surface area contributed by atoms with E-state index in [1.54, 1.807) is 0 Å². The molecule has 0 atom stereocenters. The predicted molar refractivity (Wildman–Crippen MR) is 95.8 cm³/mol. The summed E-state index contributed by atoms with van der Waals surface area (Å²) in [7, 11) is 0. The molecule has 0 fully saturated rings. The van der Waals surface area contributed by atoms with E-state index in [0.717, 1.165) is 22.8 Å². The monoisotopic (exact) mass is 323 g/mol. The van der Waals surface area contributed by atoms with Gasteiger partial charge in [0.05, 0.1) is 0 Å². The normalized spacial score (nSPS) is 10.1. The van der Waals surface area contributed by atoms with Gasteiger partial charge in [-0.1, -0.05) is 12.1 Å². The molecule has 2 aromatic carbocycles. The topological polar surface area (TPSA) is 79.9 Å². The third kappa shape index (κ3) is 3.10. The number of fused-ring (bicyclic) bond motifs is 1. The van der Waals surface area contributed by atoms with Gasteiger partial charge in [0.15, 0.2) is 5.43 Å². The Labute approximate surface area is 138 Å². The van der Waals surface area contributed by atoms with Crippen LogP contribution in [0.1, 0.15) is 11.1 Å².